The molecule has 0 spiro atoms. The molecule has 3 aromatic rings. The number of Topliss-reactive ketones (excluding diaryl/α,β-unsaturated/α-hetero) is 1. The zero-order valence-electron chi connectivity index (χ0n) is 13.9. The van der Waals surface area contributed by atoms with E-state index in [2.05, 4.69) is 15.2 Å². The summed E-state index contributed by atoms with van der Waals surface area (Å²) < 4.78 is 3.91. The summed E-state index contributed by atoms with van der Waals surface area (Å²) in [5, 5.41) is 8.95. The fourth-order valence-electron chi connectivity index (χ4n) is 2.64. The molecule has 3 aromatic heterocycles. The Morgan fingerprint density at radius 2 is 1.87 bits per heavy atom. The molecule has 0 aromatic carbocycles. The first-order valence-corrected chi connectivity index (χ1v) is 8.35. The third-order valence-electron chi connectivity index (χ3n) is 4.07. The highest BCUT2D eigenvalue weighted by atomic mass is 32.2. The minimum Gasteiger partial charge on any atom is -0.351 e. The Morgan fingerprint density at radius 3 is 2.52 bits per heavy atom. The lowest BCUT2D eigenvalue weighted by molar-refractivity contribution is 0.102. The topological polar surface area (TPSA) is 65.1 Å². The summed E-state index contributed by atoms with van der Waals surface area (Å²) in [6.07, 6.45) is 0. The van der Waals surface area contributed by atoms with Gasteiger partial charge in [-0.2, -0.15) is 0 Å². The predicted octanol–water partition coefficient (Wildman–Crippen LogP) is 2.67. The van der Waals surface area contributed by atoms with Crippen molar-refractivity contribution in [1.29, 1.82) is 0 Å². The van der Waals surface area contributed by atoms with Crippen molar-refractivity contribution in [3.63, 3.8) is 0 Å². The van der Waals surface area contributed by atoms with Gasteiger partial charge in [-0.15, -0.1) is 10.2 Å². The minimum absolute atomic E-state index is 0.102. The van der Waals surface area contributed by atoms with Crippen molar-refractivity contribution in [3.8, 4) is 0 Å². The lowest BCUT2D eigenvalue weighted by Gasteiger charge is -2.04. The molecule has 0 fully saturated rings. The summed E-state index contributed by atoms with van der Waals surface area (Å²) >= 11 is 1.39. The Bertz CT molecular complexity index is 909. The van der Waals surface area contributed by atoms with Crippen LogP contribution >= 0.6 is 11.8 Å². The highest BCUT2D eigenvalue weighted by Crippen LogP contribution is 2.21. The van der Waals surface area contributed by atoms with Gasteiger partial charge in [-0.1, -0.05) is 11.8 Å². The van der Waals surface area contributed by atoms with E-state index in [9.17, 15) is 4.79 Å². The highest BCUT2D eigenvalue weighted by molar-refractivity contribution is 7.99. The van der Waals surface area contributed by atoms with Crippen LogP contribution in [0.2, 0.25) is 0 Å². The van der Waals surface area contributed by atoms with Crippen molar-refractivity contribution in [1.82, 2.24) is 24.1 Å². The van der Waals surface area contributed by atoms with Gasteiger partial charge in [0.15, 0.2) is 10.9 Å². The number of aromatic nitrogens is 5. The van der Waals surface area contributed by atoms with Gasteiger partial charge in [-0.25, -0.2) is 4.98 Å². The summed E-state index contributed by atoms with van der Waals surface area (Å²) in [5.74, 6) is 1.01. The molecule has 120 valence electrons. The fourth-order valence-corrected chi connectivity index (χ4v) is 3.51. The number of carbonyl (C=O) groups is 1. The van der Waals surface area contributed by atoms with E-state index in [1.807, 2.05) is 55.8 Å². The summed E-state index contributed by atoms with van der Waals surface area (Å²) in [5.41, 5.74) is 4.77. The molecule has 0 saturated carbocycles. The Morgan fingerprint density at radius 1 is 1.13 bits per heavy atom. The average Bonchev–Trinajstić information content (AvgIpc) is 3.01. The molecule has 0 atom stereocenters. The van der Waals surface area contributed by atoms with E-state index in [0.717, 1.165) is 28.3 Å². The van der Waals surface area contributed by atoms with E-state index in [4.69, 9.17) is 0 Å². The number of carbonyl (C=O) groups excluding carboxylic acids is 1. The quantitative estimate of drug-likeness (QED) is 0.544. The van der Waals surface area contributed by atoms with Crippen molar-refractivity contribution in [2.45, 2.75) is 32.9 Å². The van der Waals surface area contributed by atoms with Gasteiger partial charge in [0.2, 0.25) is 0 Å². The molecule has 0 radical (unpaired) electrons. The molecule has 3 heterocycles. The van der Waals surface area contributed by atoms with Crippen LogP contribution < -0.4 is 0 Å². The van der Waals surface area contributed by atoms with Gasteiger partial charge in [-0.05, 0) is 39.8 Å². The lowest BCUT2D eigenvalue weighted by atomic mass is 10.2. The first-order valence-electron chi connectivity index (χ1n) is 7.36. The molecular weight excluding hydrogens is 310 g/mol. The number of hydrogen-bond acceptors (Lipinski definition) is 5. The summed E-state index contributed by atoms with van der Waals surface area (Å²) in [6, 6.07) is 3.92. The molecular formula is C16H19N5OS. The Kier molecular flexibility index (Phi) is 3.97. The molecule has 0 N–H and O–H groups in total. The van der Waals surface area contributed by atoms with Gasteiger partial charge < -0.3 is 4.57 Å². The van der Waals surface area contributed by atoms with Crippen molar-refractivity contribution >= 4 is 23.3 Å². The summed E-state index contributed by atoms with van der Waals surface area (Å²) in [4.78, 5) is 16.9. The largest absolute Gasteiger partial charge is 0.351 e. The number of ketones is 1. The number of nitrogens with zero attached hydrogens (tertiary/aromatic N) is 5. The zero-order valence-corrected chi connectivity index (χ0v) is 14.7. The molecule has 3 rings (SSSR count). The monoisotopic (exact) mass is 329 g/mol. The van der Waals surface area contributed by atoms with Crippen molar-refractivity contribution in [2.24, 2.45) is 7.05 Å². The van der Waals surface area contributed by atoms with Crippen LogP contribution in [0.1, 0.15) is 33.1 Å². The van der Waals surface area contributed by atoms with Crippen LogP contribution in [-0.4, -0.2) is 35.7 Å². The first kappa shape index (κ1) is 15.7. The molecule has 0 saturated heterocycles. The van der Waals surface area contributed by atoms with Crippen LogP contribution in [0.25, 0.3) is 5.78 Å². The van der Waals surface area contributed by atoms with Gasteiger partial charge >= 0.3 is 0 Å². The fraction of sp³-hybridized carbons (Fsp3) is 0.375. The van der Waals surface area contributed by atoms with Crippen LogP contribution in [-0.2, 0) is 7.05 Å². The van der Waals surface area contributed by atoms with E-state index in [1.165, 1.54) is 11.8 Å². The highest BCUT2D eigenvalue weighted by Gasteiger charge is 2.17. The van der Waals surface area contributed by atoms with Gasteiger partial charge in [0.25, 0.3) is 5.78 Å². The third-order valence-corrected chi connectivity index (χ3v) is 5.00. The van der Waals surface area contributed by atoms with E-state index in [-0.39, 0.29) is 5.78 Å². The van der Waals surface area contributed by atoms with Crippen molar-refractivity contribution < 1.29 is 4.79 Å². The zero-order chi connectivity index (χ0) is 16.7. The van der Waals surface area contributed by atoms with Gasteiger partial charge in [-0.3, -0.25) is 9.20 Å². The van der Waals surface area contributed by atoms with Crippen LogP contribution in [0.15, 0.2) is 17.3 Å². The van der Waals surface area contributed by atoms with E-state index >= 15 is 0 Å². The lowest BCUT2D eigenvalue weighted by Crippen LogP contribution is -2.05. The molecule has 0 aliphatic heterocycles. The number of aryl methyl sites for hydroxylation is 3. The second kappa shape index (κ2) is 5.81. The molecule has 6 nitrogen and oxygen atoms in total. The van der Waals surface area contributed by atoms with Crippen LogP contribution in [0.5, 0.6) is 0 Å². The van der Waals surface area contributed by atoms with Crippen LogP contribution in [0.3, 0.4) is 0 Å². The van der Waals surface area contributed by atoms with E-state index < -0.39 is 0 Å². The van der Waals surface area contributed by atoms with Crippen molar-refractivity contribution in [2.75, 3.05) is 5.75 Å². The second-order valence-corrected chi connectivity index (χ2v) is 6.66. The standard InChI is InChI=1S/C16H19N5OS/c1-9-6-11(3)21-15(17-9)18-19-16(21)23-8-14(22)13-7-10(2)20(5)12(13)4/h6-7H,8H2,1-5H3. The number of fused-ring (bicyclic) bond motifs is 1. The maximum Gasteiger partial charge on any atom is 0.256 e. The second-order valence-electron chi connectivity index (χ2n) is 5.71. The Labute approximate surface area is 138 Å². The third kappa shape index (κ3) is 2.76. The van der Waals surface area contributed by atoms with Crippen LogP contribution in [0.4, 0.5) is 0 Å². The molecule has 0 aliphatic rings. The van der Waals surface area contributed by atoms with E-state index in [1.54, 1.807) is 0 Å². The summed E-state index contributed by atoms with van der Waals surface area (Å²) in [7, 11) is 1.97. The first-order chi connectivity index (χ1) is 10.9. The van der Waals surface area contributed by atoms with Gasteiger partial charge in [0.05, 0.1) is 5.75 Å². The molecule has 0 aliphatic carbocycles. The predicted molar refractivity (Wildman–Crippen MR) is 90.2 cm³/mol. The number of rotatable bonds is 4. The average molecular weight is 329 g/mol. The van der Waals surface area contributed by atoms with Crippen molar-refractivity contribution in [3.05, 3.63) is 40.5 Å². The Hall–Kier alpha value is -2.15. The molecule has 0 amide bonds. The smallest absolute Gasteiger partial charge is 0.256 e. The maximum atomic E-state index is 12.5. The minimum atomic E-state index is 0.102. The van der Waals surface area contributed by atoms with Crippen LogP contribution in [0, 0.1) is 27.7 Å². The maximum absolute atomic E-state index is 12.5. The van der Waals surface area contributed by atoms with Gasteiger partial charge in [0, 0.05) is 35.4 Å². The van der Waals surface area contributed by atoms with Gasteiger partial charge in [0.1, 0.15) is 0 Å². The Balaban J connectivity index is 1.83. The number of thioether (sulfide) groups is 1. The summed E-state index contributed by atoms with van der Waals surface area (Å²) in [6.45, 7) is 7.88. The molecule has 0 unspecified atom stereocenters. The SMILES string of the molecule is Cc1cc(C)n2c(SCC(=O)c3cc(C)n(C)c3C)nnc2n1. The number of hydrogen-bond donors (Lipinski definition) is 0. The normalized spacial score (nSPS) is 11.3. The van der Waals surface area contributed by atoms with E-state index in [0.29, 0.717) is 16.7 Å². The molecule has 0 bridgehead atoms. The molecule has 7 heteroatoms. The molecule has 23 heavy (non-hydrogen) atoms.